The third kappa shape index (κ3) is 4.36. The summed E-state index contributed by atoms with van der Waals surface area (Å²) in [6, 6.07) is 12.2. The minimum Gasteiger partial charge on any atom is -0.311 e. The van der Waals surface area contributed by atoms with Crippen molar-refractivity contribution in [2.24, 2.45) is 0 Å². The van der Waals surface area contributed by atoms with Crippen LogP contribution < -0.4 is 5.32 Å². The normalized spacial score (nSPS) is 19.1. The van der Waals surface area contributed by atoms with E-state index in [9.17, 15) is 0 Å². The van der Waals surface area contributed by atoms with Crippen LogP contribution in [0.25, 0.3) is 0 Å². The molecule has 0 radical (unpaired) electrons. The van der Waals surface area contributed by atoms with Gasteiger partial charge in [-0.3, -0.25) is 0 Å². The van der Waals surface area contributed by atoms with Crippen LogP contribution in [-0.4, -0.2) is 23.6 Å². The highest BCUT2D eigenvalue weighted by atomic mass is 32.2. The van der Waals surface area contributed by atoms with E-state index >= 15 is 0 Å². The Morgan fingerprint density at radius 2 is 1.94 bits per heavy atom. The average molecular weight is 249 g/mol. The van der Waals surface area contributed by atoms with E-state index in [1.54, 1.807) is 0 Å². The van der Waals surface area contributed by atoms with Crippen LogP contribution in [0, 0.1) is 0 Å². The zero-order chi connectivity index (χ0) is 11.9. The highest BCUT2D eigenvalue weighted by molar-refractivity contribution is 7.99. The Bertz CT molecular complexity index is 306. The Hall–Kier alpha value is -0.470. The van der Waals surface area contributed by atoms with E-state index in [4.69, 9.17) is 0 Å². The molecule has 0 aliphatic carbocycles. The lowest BCUT2D eigenvalue weighted by atomic mass is 10.0. The fraction of sp³-hybridized carbons (Fsp3) is 0.600. The second-order valence-electron chi connectivity index (χ2n) is 4.85. The summed E-state index contributed by atoms with van der Waals surface area (Å²) in [5.74, 6) is 2.67. The van der Waals surface area contributed by atoms with Gasteiger partial charge in [0.2, 0.25) is 0 Å². The van der Waals surface area contributed by atoms with E-state index in [-0.39, 0.29) is 0 Å². The number of thioether (sulfide) groups is 1. The summed E-state index contributed by atoms with van der Waals surface area (Å²) < 4.78 is 0. The molecule has 2 heteroatoms. The van der Waals surface area contributed by atoms with Crippen LogP contribution in [0.2, 0.25) is 0 Å². The zero-order valence-corrected chi connectivity index (χ0v) is 11.5. The Kier molecular flexibility index (Phi) is 5.40. The Balaban J connectivity index is 1.83. The largest absolute Gasteiger partial charge is 0.311 e. The van der Waals surface area contributed by atoms with E-state index in [0.29, 0.717) is 6.04 Å². The van der Waals surface area contributed by atoms with Crippen molar-refractivity contribution in [2.45, 2.75) is 44.7 Å². The second kappa shape index (κ2) is 7.07. The maximum atomic E-state index is 3.84. The van der Waals surface area contributed by atoms with Crippen molar-refractivity contribution in [3.8, 4) is 0 Å². The van der Waals surface area contributed by atoms with E-state index in [0.717, 1.165) is 6.04 Å². The van der Waals surface area contributed by atoms with Gasteiger partial charge < -0.3 is 5.32 Å². The molecule has 0 bridgehead atoms. The maximum absolute atomic E-state index is 3.84. The highest BCUT2D eigenvalue weighted by Crippen LogP contribution is 2.18. The third-order valence-corrected chi connectivity index (χ3v) is 4.56. The fourth-order valence-electron chi connectivity index (χ4n) is 2.42. The van der Waals surface area contributed by atoms with E-state index in [1.807, 2.05) is 0 Å². The predicted molar refractivity (Wildman–Crippen MR) is 77.7 cm³/mol. The molecule has 1 fully saturated rings. The fourth-order valence-corrected chi connectivity index (χ4v) is 3.52. The zero-order valence-electron chi connectivity index (χ0n) is 10.7. The van der Waals surface area contributed by atoms with Crippen molar-refractivity contribution in [1.82, 2.24) is 5.32 Å². The summed E-state index contributed by atoms with van der Waals surface area (Å²) in [7, 11) is 0. The van der Waals surface area contributed by atoms with Crippen molar-refractivity contribution < 1.29 is 0 Å². The van der Waals surface area contributed by atoms with Crippen LogP contribution in [0.1, 0.15) is 31.7 Å². The standard InChI is InChI=1S/C15H23NS/c1-2-14(12-13-6-4-3-5-7-13)16-15-8-10-17-11-9-15/h3-7,14-16H,2,8-12H2,1H3. The molecule has 1 atom stereocenters. The van der Waals surface area contributed by atoms with Gasteiger partial charge in [-0.15, -0.1) is 0 Å². The molecule has 1 heterocycles. The lowest BCUT2D eigenvalue weighted by Gasteiger charge is -2.28. The van der Waals surface area contributed by atoms with Gasteiger partial charge in [0, 0.05) is 12.1 Å². The lowest BCUT2D eigenvalue weighted by molar-refractivity contribution is 0.395. The minimum absolute atomic E-state index is 0.644. The van der Waals surface area contributed by atoms with Gasteiger partial charge in [0.15, 0.2) is 0 Å². The first-order chi connectivity index (χ1) is 8.38. The SMILES string of the molecule is CCC(Cc1ccccc1)NC1CCSCC1. The first-order valence-corrected chi connectivity index (χ1v) is 7.91. The molecule has 1 aromatic carbocycles. The quantitative estimate of drug-likeness (QED) is 0.857. The Morgan fingerprint density at radius 1 is 1.24 bits per heavy atom. The summed E-state index contributed by atoms with van der Waals surface area (Å²) >= 11 is 2.10. The van der Waals surface area contributed by atoms with Crippen LogP contribution in [0.4, 0.5) is 0 Å². The number of hydrogen-bond donors (Lipinski definition) is 1. The van der Waals surface area contributed by atoms with Crippen LogP contribution in [0.5, 0.6) is 0 Å². The van der Waals surface area contributed by atoms with Crippen LogP contribution in [-0.2, 0) is 6.42 Å². The van der Waals surface area contributed by atoms with Gasteiger partial charge >= 0.3 is 0 Å². The topological polar surface area (TPSA) is 12.0 Å². The molecule has 0 saturated carbocycles. The molecule has 2 rings (SSSR count). The smallest absolute Gasteiger partial charge is 0.0107 e. The molecule has 1 unspecified atom stereocenters. The van der Waals surface area contributed by atoms with E-state index in [1.165, 1.54) is 42.8 Å². The summed E-state index contributed by atoms with van der Waals surface area (Å²) in [6.45, 7) is 2.29. The molecule has 1 N–H and O–H groups in total. The van der Waals surface area contributed by atoms with Gasteiger partial charge in [-0.1, -0.05) is 37.3 Å². The van der Waals surface area contributed by atoms with Gasteiger partial charge in [0.1, 0.15) is 0 Å². The van der Waals surface area contributed by atoms with Crippen LogP contribution in [0.3, 0.4) is 0 Å². The monoisotopic (exact) mass is 249 g/mol. The number of rotatable bonds is 5. The molecule has 94 valence electrons. The van der Waals surface area contributed by atoms with Crippen LogP contribution in [0.15, 0.2) is 30.3 Å². The van der Waals surface area contributed by atoms with E-state index < -0.39 is 0 Å². The Labute approximate surface area is 109 Å². The first-order valence-electron chi connectivity index (χ1n) is 6.76. The molecular weight excluding hydrogens is 226 g/mol. The summed E-state index contributed by atoms with van der Waals surface area (Å²) in [4.78, 5) is 0. The predicted octanol–water partition coefficient (Wildman–Crippen LogP) is 3.49. The summed E-state index contributed by atoms with van der Waals surface area (Å²) in [5, 5.41) is 3.84. The van der Waals surface area contributed by atoms with Crippen molar-refractivity contribution in [3.63, 3.8) is 0 Å². The Morgan fingerprint density at radius 3 is 2.59 bits per heavy atom. The van der Waals surface area contributed by atoms with Crippen molar-refractivity contribution in [1.29, 1.82) is 0 Å². The molecule has 1 aromatic rings. The van der Waals surface area contributed by atoms with Gasteiger partial charge in [-0.2, -0.15) is 11.8 Å². The molecular formula is C15H23NS. The van der Waals surface area contributed by atoms with Gasteiger partial charge in [-0.05, 0) is 42.8 Å². The van der Waals surface area contributed by atoms with Gasteiger partial charge in [0.05, 0.1) is 0 Å². The molecule has 0 spiro atoms. The van der Waals surface area contributed by atoms with Crippen LogP contribution >= 0.6 is 11.8 Å². The number of nitrogens with one attached hydrogen (secondary N) is 1. The van der Waals surface area contributed by atoms with Crippen molar-refractivity contribution >= 4 is 11.8 Å². The van der Waals surface area contributed by atoms with Crippen molar-refractivity contribution in [2.75, 3.05) is 11.5 Å². The van der Waals surface area contributed by atoms with Gasteiger partial charge in [0.25, 0.3) is 0 Å². The maximum Gasteiger partial charge on any atom is 0.0107 e. The minimum atomic E-state index is 0.644. The van der Waals surface area contributed by atoms with E-state index in [2.05, 4.69) is 54.3 Å². The first kappa shape index (κ1) is 13.0. The highest BCUT2D eigenvalue weighted by Gasteiger charge is 2.17. The van der Waals surface area contributed by atoms with Crippen molar-refractivity contribution in [3.05, 3.63) is 35.9 Å². The summed E-state index contributed by atoms with van der Waals surface area (Å²) in [6.07, 6.45) is 5.07. The number of hydrogen-bond acceptors (Lipinski definition) is 2. The van der Waals surface area contributed by atoms with Gasteiger partial charge in [-0.25, -0.2) is 0 Å². The molecule has 1 aliphatic heterocycles. The molecule has 0 aromatic heterocycles. The third-order valence-electron chi connectivity index (χ3n) is 3.51. The summed E-state index contributed by atoms with van der Waals surface area (Å²) in [5.41, 5.74) is 1.46. The molecule has 0 amide bonds. The molecule has 17 heavy (non-hydrogen) atoms. The number of benzene rings is 1. The lowest BCUT2D eigenvalue weighted by Crippen LogP contribution is -2.41. The molecule has 1 aliphatic rings. The molecule has 1 saturated heterocycles. The molecule has 1 nitrogen and oxygen atoms in total. The average Bonchev–Trinajstić information content (AvgIpc) is 2.40. The second-order valence-corrected chi connectivity index (χ2v) is 6.07.